The molecule has 51 heavy (non-hydrogen) atoms. The molecule has 0 aromatic heterocycles. The molecule has 0 saturated heterocycles. The molecule has 6 nitrogen and oxygen atoms in total. The van der Waals surface area contributed by atoms with E-state index < -0.39 is 12.2 Å². The number of unbranched alkanes of at least 4 members (excludes halogenated alkanes) is 19. The van der Waals surface area contributed by atoms with Crippen molar-refractivity contribution in [2.45, 2.75) is 206 Å². The number of aliphatic hydroxyl groups is 2. The average Bonchev–Trinajstić information content (AvgIpc) is 3.11. The van der Waals surface area contributed by atoms with E-state index in [2.05, 4.69) is 32.9 Å². The van der Waals surface area contributed by atoms with Crippen molar-refractivity contribution in [3.05, 3.63) is 48.6 Å². The van der Waals surface area contributed by atoms with E-state index in [4.69, 9.17) is 9.47 Å². The van der Waals surface area contributed by atoms with E-state index in [9.17, 15) is 19.8 Å². The fourth-order valence-corrected chi connectivity index (χ4v) is 5.87. The Balaban J connectivity index is 3.67. The smallest absolute Gasteiger partial charge is 0.306 e. The summed E-state index contributed by atoms with van der Waals surface area (Å²) in [5.74, 6) is 0.159. The standard InChI is InChI=1S/C45H80O6/c1-4-5-6-7-25-30-35-42(47)36-31-26-21-18-19-22-27-32-37-44(48)50-40-43(39-46)51-45(49)38-33-28-23-17-15-13-11-9-8-10-12-14-16-20-24-29-34-41(2)3/h19,21-22,25-26,30-31,36,41-43,46-47H,4-18,20,23-24,27-29,32-35,37-40H2,1-3H3/b22-19-,26-21-,30-25-,36-31+/t42-,43+/m1/s1. The third-order valence-electron chi connectivity index (χ3n) is 9.13. The van der Waals surface area contributed by atoms with Gasteiger partial charge >= 0.3 is 11.9 Å². The zero-order chi connectivity index (χ0) is 37.5. The van der Waals surface area contributed by atoms with Crippen LogP contribution < -0.4 is 0 Å². The van der Waals surface area contributed by atoms with Crippen LogP contribution in [0.1, 0.15) is 194 Å². The van der Waals surface area contributed by atoms with Crippen LogP contribution in [0.15, 0.2) is 48.6 Å². The number of hydrogen-bond acceptors (Lipinski definition) is 6. The molecule has 0 aromatic rings. The summed E-state index contributed by atoms with van der Waals surface area (Å²) in [6.45, 7) is 6.35. The molecule has 0 bridgehead atoms. The Hall–Kier alpha value is -2.18. The molecule has 0 saturated carbocycles. The number of ether oxygens (including phenoxy) is 2. The van der Waals surface area contributed by atoms with Crippen molar-refractivity contribution in [3.63, 3.8) is 0 Å². The van der Waals surface area contributed by atoms with Gasteiger partial charge in [-0.05, 0) is 50.9 Å². The van der Waals surface area contributed by atoms with Gasteiger partial charge in [-0.2, -0.15) is 0 Å². The van der Waals surface area contributed by atoms with Gasteiger partial charge in [0.15, 0.2) is 6.10 Å². The topological polar surface area (TPSA) is 93.1 Å². The Morgan fingerprint density at radius 1 is 0.608 bits per heavy atom. The summed E-state index contributed by atoms with van der Waals surface area (Å²) in [4.78, 5) is 24.3. The highest BCUT2D eigenvalue weighted by molar-refractivity contribution is 5.70. The van der Waals surface area contributed by atoms with Crippen molar-refractivity contribution in [3.8, 4) is 0 Å². The van der Waals surface area contributed by atoms with Crippen molar-refractivity contribution < 1.29 is 29.3 Å². The lowest BCUT2D eigenvalue weighted by Gasteiger charge is -2.15. The number of esters is 2. The van der Waals surface area contributed by atoms with Crippen LogP contribution >= 0.6 is 0 Å². The molecule has 0 aliphatic rings. The Morgan fingerprint density at radius 3 is 1.75 bits per heavy atom. The first kappa shape index (κ1) is 48.8. The molecule has 0 unspecified atom stereocenters. The van der Waals surface area contributed by atoms with Crippen molar-refractivity contribution in [2.75, 3.05) is 13.2 Å². The zero-order valence-electron chi connectivity index (χ0n) is 33.4. The summed E-state index contributed by atoms with van der Waals surface area (Å²) in [6, 6.07) is 0. The van der Waals surface area contributed by atoms with Crippen molar-refractivity contribution >= 4 is 11.9 Å². The van der Waals surface area contributed by atoms with Gasteiger partial charge in [-0.25, -0.2) is 0 Å². The second-order valence-electron chi connectivity index (χ2n) is 14.7. The molecule has 0 aliphatic carbocycles. The molecule has 0 spiro atoms. The van der Waals surface area contributed by atoms with E-state index in [1.807, 2.05) is 30.4 Å². The van der Waals surface area contributed by atoms with Crippen molar-refractivity contribution in [1.29, 1.82) is 0 Å². The number of aliphatic hydroxyl groups excluding tert-OH is 2. The Morgan fingerprint density at radius 2 is 1.16 bits per heavy atom. The summed E-state index contributed by atoms with van der Waals surface area (Å²) in [5, 5.41) is 19.5. The van der Waals surface area contributed by atoms with E-state index in [0.29, 0.717) is 19.3 Å². The summed E-state index contributed by atoms with van der Waals surface area (Å²) >= 11 is 0. The predicted molar refractivity (Wildman–Crippen MR) is 216 cm³/mol. The van der Waals surface area contributed by atoms with E-state index in [1.54, 1.807) is 6.08 Å². The first-order chi connectivity index (χ1) is 24.9. The molecule has 0 heterocycles. The van der Waals surface area contributed by atoms with E-state index in [1.165, 1.54) is 109 Å². The van der Waals surface area contributed by atoms with Crippen molar-refractivity contribution in [2.24, 2.45) is 5.92 Å². The molecular weight excluding hydrogens is 636 g/mol. The maximum Gasteiger partial charge on any atom is 0.306 e. The van der Waals surface area contributed by atoms with Gasteiger partial charge in [0.05, 0.1) is 12.7 Å². The molecule has 0 aromatic carbocycles. The third kappa shape index (κ3) is 38.9. The fraction of sp³-hybridized carbons (Fsp3) is 0.778. The number of hydrogen-bond donors (Lipinski definition) is 2. The summed E-state index contributed by atoms with van der Waals surface area (Å²) in [6.07, 6.45) is 44.9. The average molecular weight is 717 g/mol. The quantitative estimate of drug-likeness (QED) is 0.0288. The molecule has 0 fully saturated rings. The SMILES string of the molecule is CCCCC/C=C\C[C@@H](O)/C=C/C=C\C/C=C\CCCC(=O)OC[C@H](CO)OC(=O)CCCCCCCCCCCCCCCCCCC(C)C. The molecule has 0 amide bonds. The largest absolute Gasteiger partial charge is 0.462 e. The molecule has 0 radical (unpaired) electrons. The second-order valence-corrected chi connectivity index (χ2v) is 14.7. The molecule has 0 aliphatic heterocycles. The van der Waals surface area contributed by atoms with Crippen LogP contribution in [-0.2, 0) is 19.1 Å². The molecule has 0 rings (SSSR count). The van der Waals surface area contributed by atoms with Gasteiger partial charge in [-0.3, -0.25) is 9.59 Å². The van der Waals surface area contributed by atoms with Gasteiger partial charge in [0.1, 0.15) is 6.61 Å². The van der Waals surface area contributed by atoms with Crippen LogP contribution in [0.3, 0.4) is 0 Å². The third-order valence-corrected chi connectivity index (χ3v) is 9.13. The van der Waals surface area contributed by atoms with Gasteiger partial charge in [0.25, 0.3) is 0 Å². The molecule has 6 heteroatoms. The normalized spacial score (nSPS) is 13.4. The number of carbonyl (C=O) groups is 2. The fourth-order valence-electron chi connectivity index (χ4n) is 5.87. The van der Waals surface area contributed by atoms with Gasteiger partial charge in [-0.1, -0.05) is 185 Å². The Labute approximate surface area is 314 Å². The van der Waals surface area contributed by atoms with E-state index in [-0.39, 0.29) is 31.6 Å². The van der Waals surface area contributed by atoms with E-state index >= 15 is 0 Å². The summed E-state index contributed by atoms with van der Waals surface area (Å²) in [7, 11) is 0. The summed E-state index contributed by atoms with van der Waals surface area (Å²) in [5.41, 5.74) is 0. The van der Waals surface area contributed by atoms with Crippen LogP contribution in [0.25, 0.3) is 0 Å². The molecular formula is C45H80O6. The van der Waals surface area contributed by atoms with Crippen LogP contribution in [0.2, 0.25) is 0 Å². The van der Waals surface area contributed by atoms with Crippen LogP contribution in [-0.4, -0.2) is 47.6 Å². The molecule has 2 N–H and O–H groups in total. The number of rotatable bonds is 37. The van der Waals surface area contributed by atoms with Gasteiger partial charge in [0, 0.05) is 12.8 Å². The first-order valence-electron chi connectivity index (χ1n) is 21.2. The van der Waals surface area contributed by atoms with Crippen molar-refractivity contribution in [1.82, 2.24) is 0 Å². The lowest BCUT2D eigenvalue weighted by atomic mass is 10.0. The predicted octanol–water partition coefficient (Wildman–Crippen LogP) is 12.2. The summed E-state index contributed by atoms with van der Waals surface area (Å²) < 4.78 is 10.6. The molecule has 2 atom stereocenters. The van der Waals surface area contributed by atoms with E-state index in [0.717, 1.165) is 44.4 Å². The van der Waals surface area contributed by atoms with Gasteiger partial charge < -0.3 is 19.7 Å². The maximum atomic E-state index is 12.2. The Bertz CT molecular complexity index is 889. The highest BCUT2D eigenvalue weighted by Crippen LogP contribution is 2.15. The number of carbonyl (C=O) groups excluding carboxylic acids is 2. The van der Waals surface area contributed by atoms with Crippen LogP contribution in [0.5, 0.6) is 0 Å². The van der Waals surface area contributed by atoms with Crippen LogP contribution in [0, 0.1) is 5.92 Å². The lowest BCUT2D eigenvalue weighted by molar-refractivity contribution is -0.161. The second kappa shape index (κ2) is 39.0. The van der Waals surface area contributed by atoms with Gasteiger partial charge in [-0.15, -0.1) is 0 Å². The molecule has 296 valence electrons. The monoisotopic (exact) mass is 717 g/mol. The number of allylic oxidation sites excluding steroid dienone is 6. The minimum Gasteiger partial charge on any atom is -0.462 e. The maximum absolute atomic E-state index is 12.2. The zero-order valence-corrected chi connectivity index (χ0v) is 33.4. The van der Waals surface area contributed by atoms with Crippen LogP contribution in [0.4, 0.5) is 0 Å². The van der Waals surface area contributed by atoms with Gasteiger partial charge in [0.2, 0.25) is 0 Å². The minimum absolute atomic E-state index is 0.113. The first-order valence-corrected chi connectivity index (χ1v) is 21.2. The minimum atomic E-state index is -0.810. The highest BCUT2D eigenvalue weighted by Gasteiger charge is 2.16. The highest BCUT2D eigenvalue weighted by atomic mass is 16.6. The Kier molecular flexibility index (Phi) is 37.4. The lowest BCUT2D eigenvalue weighted by Crippen LogP contribution is -2.28.